The molecule has 0 aliphatic heterocycles. The van der Waals surface area contributed by atoms with Crippen molar-refractivity contribution >= 4 is 0 Å². The van der Waals surface area contributed by atoms with Crippen LogP contribution in [0.4, 0.5) is 0 Å². The Morgan fingerprint density at radius 1 is 1.30 bits per heavy atom. The van der Waals surface area contributed by atoms with E-state index in [9.17, 15) is 0 Å². The molecule has 2 aliphatic rings. The van der Waals surface area contributed by atoms with Gasteiger partial charge in [0.05, 0.1) is 5.69 Å². The minimum atomic E-state index is 0.307. The molecular formula is C17H28N2O. The molecule has 1 aromatic heterocycles. The molecule has 20 heavy (non-hydrogen) atoms. The van der Waals surface area contributed by atoms with Gasteiger partial charge in [0.1, 0.15) is 5.76 Å². The average Bonchev–Trinajstić information content (AvgIpc) is 2.95. The van der Waals surface area contributed by atoms with Crippen molar-refractivity contribution in [3.63, 3.8) is 0 Å². The van der Waals surface area contributed by atoms with E-state index in [4.69, 9.17) is 4.52 Å². The first kappa shape index (κ1) is 14.1. The summed E-state index contributed by atoms with van der Waals surface area (Å²) in [5, 5.41) is 8.02. The number of nitrogens with one attached hydrogen (secondary N) is 1. The van der Waals surface area contributed by atoms with Gasteiger partial charge in [-0.3, -0.25) is 0 Å². The average molecular weight is 276 g/mol. The quantitative estimate of drug-likeness (QED) is 0.901. The number of nitrogens with zero attached hydrogens (tertiary/aromatic N) is 1. The van der Waals surface area contributed by atoms with E-state index in [-0.39, 0.29) is 0 Å². The third-order valence-corrected chi connectivity index (χ3v) is 6.21. The zero-order valence-corrected chi connectivity index (χ0v) is 13.7. The Balaban J connectivity index is 1.84. The Morgan fingerprint density at radius 2 is 2.00 bits per heavy atom. The van der Waals surface area contributed by atoms with Gasteiger partial charge in [-0.25, -0.2) is 0 Å². The number of aryl methyl sites for hydroxylation is 2. The van der Waals surface area contributed by atoms with Crippen molar-refractivity contribution in [1.29, 1.82) is 0 Å². The number of rotatable bonds is 3. The lowest BCUT2D eigenvalue weighted by atomic mass is 9.68. The van der Waals surface area contributed by atoms with Crippen LogP contribution in [0.1, 0.15) is 70.0 Å². The molecule has 3 heteroatoms. The van der Waals surface area contributed by atoms with Crippen LogP contribution in [0, 0.1) is 30.6 Å². The molecule has 3 rings (SSSR count). The summed E-state index contributed by atoms with van der Waals surface area (Å²) in [6.45, 7) is 13.7. The predicted octanol–water partition coefficient (Wildman–Crippen LogP) is 4.16. The van der Waals surface area contributed by atoms with E-state index in [1.54, 1.807) is 0 Å². The van der Waals surface area contributed by atoms with E-state index >= 15 is 0 Å². The van der Waals surface area contributed by atoms with Gasteiger partial charge in [-0.05, 0) is 56.8 Å². The lowest BCUT2D eigenvalue weighted by molar-refractivity contribution is 0.1000. The lowest BCUT2D eigenvalue weighted by Gasteiger charge is -2.44. The highest BCUT2D eigenvalue weighted by molar-refractivity contribution is 5.25. The molecule has 2 aliphatic carbocycles. The maximum Gasteiger partial charge on any atom is 0.138 e. The molecule has 3 nitrogen and oxygen atoms in total. The van der Waals surface area contributed by atoms with Crippen LogP contribution in [0.25, 0.3) is 0 Å². The van der Waals surface area contributed by atoms with Gasteiger partial charge in [-0.1, -0.05) is 25.9 Å². The molecule has 0 saturated heterocycles. The summed E-state index contributed by atoms with van der Waals surface area (Å²) >= 11 is 0. The van der Waals surface area contributed by atoms with E-state index < -0.39 is 0 Å². The highest BCUT2D eigenvalue weighted by Gasteiger charge is 2.59. The number of hydrogen-bond acceptors (Lipinski definition) is 3. The second kappa shape index (κ2) is 4.33. The van der Waals surface area contributed by atoms with Crippen molar-refractivity contribution in [2.75, 3.05) is 0 Å². The Bertz CT molecular complexity index is 495. The minimum Gasteiger partial charge on any atom is -0.361 e. The zero-order chi connectivity index (χ0) is 14.7. The summed E-state index contributed by atoms with van der Waals surface area (Å²) < 4.78 is 5.33. The van der Waals surface area contributed by atoms with E-state index in [1.807, 2.05) is 13.8 Å². The maximum absolute atomic E-state index is 5.33. The molecule has 0 amide bonds. The van der Waals surface area contributed by atoms with Crippen LogP contribution in [0.5, 0.6) is 0 Å². The molecule has 0 radical (unpaired) electrons. The SMILES string of the molecule is Cc1noc(C)c1C(C)NC1C(C)(C)[C@H]2CC[C@]1(C)C2. The Kier molecular flexibility index (Phi) is 3.06. The normalized spacial score (nSPS) is 36.5. The minimum absolute atomic E-state index is 0.307. The van der Waals surface area contributed by atoms with Gasteiger partial charge < -0.3 is 9.84 Å². The molecule has 1 N–H and O–H groups in total. The molecule has 2 unspecified atom stereocenters. The van der Waals surface area contributed by atoms with Gasteiger partial charge in [0.15, 0.2) is 0 Å². The first-order valence-corrected chi connectivity index (χ1v) is 7.94. The van der Waals surface area contributed by atoms with Crippen LogP contribution in [-0.2, 0) is 0 Å². The second-order valence-corrected chi connectivity index (χ2v) is 7.97. The molecule has 2 fully saturated rings. The largest absolute Gasteiger partial charge is 0.361 e. The van der Waals surface area contributed by atoms with Crippen LogP contribution >= 0.6 is 0 Å². The molecule has 0 aromatic carbocycles. The number of hydrogen-bond donors (Lipinski definition) is 1. The van der Waals surface area contributed by atoms with Crippen molar-refractivity contribution in [2.24, 2.45) is 16.7 Å². The van der Waals surface area contributed by atoms with Gasteiger partial charge >= 0.3 is 0 Å². The summed E-state index contributed by atoms with van der Waals surface area (Å²) in [6.07, 6.45) is 4.15. The van der Waals surface area contributed by atoms with Crippen molar-refractivity contribution in [1.82, 2.24) is 10.5 Å². The Morgan fingerprint density at radius 3 is 2.50 bits per heavy atom. The number of fused-ring (bicyclic) bond motifs is 2. The van der Waals surface area contributed by atoms with Crippen molar-refractivity contribution in [3.8, 4) is 0 Å². The highest BCUT2D eigenvalue weighted by atomic mass is 16.5. The topological polar surface area (TPSA) is 38.1 Å². The fraction of sp³-hybridized carbons (Fsp3) is 0.824. The summed E-state index contributed by atoms with van der Waals surface area (Å²) in [6, 6.07) is 0.888. The van der Waals surface area contributed by atoms with E-state index in [0.29, 0.717) is 22.9 Å². The molecule has 112 valence electrons. The number of aromatic nitrogens is 1. The summed E-state index contributed by atoms with van der Waals surface area (Å²) in [4.78, 5) is 0. The van der Waals surface area contributed by atoms with Crippen LogP contribution in [0.15, 0.2) is 4.52 Å². The van der Waals surface area contributed by atoms with Crippen molar-refractivity contribution in [3.05, 3.63) is 17.0 Å². The Hall–Kier alpha value is -0.830. The molecule has 4 atom stereocenters. The molecule has 2 saturated carbocycles. The monoisotopic (exact) mass is 276 g/mol. The smallest absolute Gasteiger partial charge is 0.138 e. The lowest BCUT2D eigenvalue weighted by Crippen LogP contribution is -2.51. The fourth-order valence-corrected chi connectivity index (χ4v) is 5.16. The first-order chi connectivity index (χ1) is 9.25. The first-order valence-electron chi connectivity index (χ1n) is 7.94. The summed E-state index contributed by atoms with van der Waals surface area (Å²) in [7, 11) is 0. The van der Waals surface area contributed by atoms with Crippen LogP contribution in [0.3, 0.4) is 0 Å². The van der Waals surface area contributed by atoms with Crippen LogP contribution in [0.2, 0.25) is 0 Å². The summed E-state index contributed by atoms with van der Waals surface area (Å²) in [5.41, 5.74) is 3.11. The predicted molar refractivity (Wildman–Crippen MR) is 80.5 cm³/mol. The van der Waals surface area contributed by atoms with Gasteiger partial charge in [-0.15, -0.1) is 0 Å². The van der Waals surface area contributed by atoms with Gasteiger partial charge in [-0.2, -0.15) is 0 Å². The Labute approximate surface area is 122 Å². The highest BCUT2D eigenvalue weighted by Crippen LogP contribution is 2.62. The van der Waals surface area contributed by atoms with Gasteiger partial charge in [0, 0.05) is 17.6 Å². The van der Waals surface area contributed by atoms with E-state index in [1.165, 1.54) is 24.8 Å². The summed E-state index contributed by atoms with van der Waals surface area (Å²) in [5.74, 6) is 1.83. The van der Waals surface area contributed by atoms with Crippen molar-refractivity contribution in [2.45, 2.75) is 72.9 Å². The van der Waals surface area contributed by atoms with E-state index in [2.05, 4.69) is 38.2 Å². The second-order valence-electron chi connectivity index (χ2n) is 7.97. The third kappa shape index (κ3) is 1.86. The molecule has 2 bridgehead atoms. The molecule has 1 aromatic rings. The van der Waals surface area contributed by atoms with Gasteiger partial charge in [0.25, 0.3) is 0 Å². The third-order valence-electron chi connectivity index (χ3n) is 6.21. The van der Waals surface area contributed by atoms with Crippen LogP contribution in [-0.4, -0.2) is 11.2 Å². The standard InChI is InChI=1S/C17H28N2O/c1-10(14-11(2)19-20-12(14)3)18-15-16(4,5)13-7-8-17(15,6)9-13/h10,13,15,18H,7-9H2,1-6H3/t10?,13-,15?,17+/m0/s1. The molecule has 0 spiro atoms. The molecule has 1 heterocycles. The van der Waals surface area contributed by atoms with E-state index in [0.717, 1.165) is 17.4 Å². The molecular weight excluding hydrogens is 248 g/mol. The maximum atomic E-state index is 5.33. The zero-order valence-electron chi connectivity index (χ0n) is 13.7. The van der Waals surface area contributed by atoms with Gasteiger partial charge in [0.2, 0.25) is 0 Å². The fourth-order valence-electron chi connectivity index (χ4n) is 5.16. The van der Waals surface area contributed by atoms with Crippen LogP contribution < -0.4 is 5.32 Å². The van der Waals surface area contributed by atoms with Crippen molar-refractivity contribution < 1.29 is 4.52 Å².